The second kappa shape index (κ2) is 10.3. The zero-order valence-electron chi connectivity index (χ0n) is 19.4. The number of anilines is 1. The van der Waals surface area contributed by atoms with Crippen molar-refractivity contribution >= 4 is 5.69 Å². The Morgan fingerprint density at radius 2 is 1.73 bits per heavy atom. The second-order valence-electron chi connectivity index (χ2n) is 9.11. The molecule has 30 heavy (non-hydrogen) atoms. The number of hydroxylamine groups is 1. The predicted octanol–water partition coefficient (Wildman–Crippen LogP) is 6.72. The second-order valence-corrected chi connectivity index (χ2v) is 9.11. The maximum absolute atomic E-state index is 6.47. The Bertz CT molecular complexity index is 783. The molecule has 0 N–H and O–H groups in total. The Morgan fingerprint density at radius 1 is 1.03 bits per heavy atom. The number of ether oxygens (including phenoxy) is 1. The lowest BCUT2D eigenvalue weighted by Crippen LogP contribution is -2.40. The van der Waals surface area contributed by atoms with Gasteiger partial charge in [-0.3, -0.25) is 9.82 Å². The van der Waals surface area contributed by atoms with Gasteiger partial charge in [0.1, 0.15) is 5.69 Å². The Labute approximate surface area is 182 Å². The van der Waals surface area contributed by atoms with Crippen molar-refractivity contribution in [3.05, 3.63) is 53.9 Å². The van der Waals surface area contributed by atoms with Crippen molar-refractivity contribution < 1.29 is 9.57 Å². The number of aromatic nitrogens is 1. The molecule has 1 fully saturated rings. The van der Waals surface area contributed by atoms with Crippen LogP contribution in [0.1, 0.15) is 71.1 Å². The smallest absolute Gasteiger partial charge is 0.166 e. The first-order chi connectivity index (χ1) is 14.5. The first-order valence-corrected chi connectivity index (χ1v) is 11.5. The van der Waals surface area contributed by atoms with Crippen LogP contribution in [0.2, 0.25) is 0 Å². The molecule has 0 radical (unpaired) electrons. The SMILES string of the molecule is CCOc1c(N(OCc2ccccc2)C2CCC(C(C)(C)CC)CC2)ccnc1C. The van der Waals surface area contributed by atoms with Crippen molar-refractivity contribution in [2.45, 2.75) is 79.4 Å². The van der Waals surface area contributed by atoms with Crippen LogP contribution >= 0.6 is 0 Å². The monoisotopic (exact) mass is 410 g/mol. The number of hydrogen-bond donors (Lipinski definition) is 0. The van der Waals surface area contributed by atoms with Crippen molar-refractivity contribution in [2.24, 2.45) is 11.3 Å². The van der Waals surface area contributed by atoms with Crippen LogP contribution in [0.4, 0.5) is 5.69 Å². The molecular formula is C26H38N2O2. The van der Waals surface area contributed by atoms with Crippen LogP contribution in [-0.4, -0.2) is 17.6 Å². The molecule has 1 aliphatic rings. The fraction of sp³-hybridized carbons (Fsp3) is 0.577. The first kappa shape index (κ1) is 22.6. The van der Waals surface area contributed by atoms with Crippen LogP contribution in [0, 0.1) is 18.3 Å². The van der Waals surface area contributed by atoms with E-state index in [1.807, 2.05) is 32.2 Å². The largest absolute Gasteiger partial charge is 0.490 e. The van der Waals surface area contributed by atoms with Crippen molar-refractivity contribution in [1.29, 1.82) is 0 Å². The van der Waals surface area contributed by atoms with E-state index in [-0.39, 0.29) is 0 Å². The van der Waals surface area contributed by atoms with E-state index < -0.39 is 0 Å². The van der Waals surface area contributed by atoms with Crippen molar-refractivity contribution in [1.82, 2.24) is 4.98 Å². The van der Waals surface area contributed by atoms with Gasteiger partial charge in [0.05, 0.1) is 24.9 Å². The molecule has 0 amide bonds. The average molecular weight is 411 g/mol. The van der Waals surface area contributed by atoms with Gasteiger partial charge in [0.2, 0.25) is 0 Å². The van der Waals surface area contributed by atoms with Crippen molar-refractivity contribution in [2.75, 3.05) is 11.7 Å². The van der Waals surface area contributed by atoms with Gasteiger partial charge in [0.25, 0.3) is 0 Å². The van der Waals surface area contributed by atoms with Gasteiger partial charge in [-0.15, -0.1) is 0 Å². The highest BCUT2D eigenvalue weighted by molar-refractivity contribution is 5.59. The van der Waals surface area contributed by atoms with E-state index in [0.717, 1.165) is 35.9 Å². The van der Waals surface area contributed by atoms with Gasteiger partial charge in [0, 0.05) is 6.20 Å². The lowest BCUT2D eigenvalue weighted by atomic mass is 9.69. The minimum absolute atomic E-state index is 0.346. The van der Waals surface area contributed by atoms with E-state index in [1.165, 1.54) is 24.8 Å². The number of benzene rings is 1. The van der Waals surface area contributed by atoms with Gasteiger partial charge < -0.3 is 4.74 Å². The molecule has 2 aromatic rings. The molecule has 164 valence electrons. The molecule has 4 nitrogen and oxygen atoms in total. The Morgan fingerprint density at radius 3 is 2.37 bits per heavy atom. The molecule has 1 aliphatic carbocycles. The summed E-state index contributed by atoms with van der Waals surface area (Å²) in [7, 11) is 0. The minimum atomic E-state index is 0.346. The summed E-state index contributed by atoms with van der Waals surface area (Å²) in [4.78, 5) is 10.9. The molecule has 0 unspecified atom stereocenters. The highest BCUT2D eigenvalue weighted by Gasteiger charge is 2.35. The number of hydrogen-bond acceptors (Lipinski definition) is 4. The molecule has 0 aliphatic heterocycles. The Kier molecular flexibility index (Phi) is 7.76. The zero-order chi connectivity index (χ0) is 21.6. The molecule has 1 aromatic heterocycles. The molecule has 1 heterocycles. The number of pyridine rings is 1. The van der Waals surface area contributed by atoms with Crippen molar-refractivity contribution in [3.8, 4) is 5.75 Å². The molecule has 4 heteroatoms. The molecule has 0 spiro atoms. The molecule has 0 atom stereocenters. The standard InChI is InChI=1S/C26H38N2O2/c1-6-26(4,5)22-13-15-23(16-14-22)28(30-19-21-11-9-8-10-12-21)24-17-18-27-20(3)25(24)29-7-2/h8-12,17-18,22-23H,6-7,13-16,19H2,1-5H3. The maximum atomic E-state index is 6.47. The third-order valence-corrected chi connectivity index (χ3v) is 6.85. The summed E-state index contributed by atoms with van der Waals surface area (Å²) in [6, 6.07) is 12.8. The fourth-order valence-electron chi connectivity index (χ4n) is 4.51. The summed E-state index contributed by atoms with van der Waals surface area (Å²) in [6.45, 7) is 12.3. The summed E-state index contributed by atoms with van der Waals surface area (Å²) in [6.07, 6.45) is 7.84. The van der Waals surface area contributed by atoms with E-state index in [9.17, 15) is 0 Å². The lowest BCUT2D eigenvalue weighted by Gasteiger charge is -2.42. The minimum Gasteiger partial charge on any atom is -0.490 e. The van der Waals surface area contributed by atoms with Gasteiger partial charge >= 0.3 is 0 Å². The lowest BCUT2D eigenvalue weighted by molar-refractivity contribution is 0.0465. The van der Waals surface area contributed by atoms with Crippen LogP contribution < -0.4 is 9.80 Å². The number of aryl methyl sites for hydroxylation is 1. The highest BCUT2D eigenvalue weighted by Crippen LogP contribution is 2.43. The third kappa shape index (κ3) is 5.34. The molecular weight excluding hydrogens is 372 g/mol. The van der Waals surface area contributed by atoms with E-state index >= 15 is 0 Å². The van der Waals surface area contributed by atoms with E-state index in [1.54, 1.807) is 0 Å². The van der Waals surface area contributed by atoms with Crippen LogP contribution in [0.25, 0.3) is 0 Å². The van der Waals surface area contributed by atoms with Gasteiger partial charge in [-0.2, -0.15) is 0 Å². The Hall–Kier alpha value is -2.07. The van der Waals surface area contributed by atoms with Gasteiger partial charge in [-0.25, -0.2) is 5.06 Å². The van der Waals surface area contributed by atoms with Gasteiger partial charge in [-0.05, 0) is 62.5 Å². The summed E-state index contributed by atoms with van der Waals surface area (Å²) in [5, 5.41) is 2.13. The predicted molar refractivity (Wildman–Crippen MR) is 124 cm³/mol. The zero-order valence-corrected chi connectivity index (χ0v) is 19.4. The highest BCUT2D eigenvalue weighted by atomic mass is 16.7. The normalized spacial score (nSPS) is 19.5. The quantitative estimate of drug-likeness (QED) is 0.430. The average Bonchev–Trinajstić information content (AvgIpc) is 2.77. The Balaban J connectivity index is 1.83. The summed E-state index contributed by atoms with van der Waals surface area (Å²) < 4.78 is 6.00. The third-order valence-electron chi connectivity index (χ3n) is 6.85. The van der Waals surface area contributed by atoms with Crippen LogP contribution in [0.3, 0.4) is 0 Å². The van der Waals surface area contributed by atoms with E-state index in [0.29, 0.717) is 24.7 Å². The van der Waals surface area contributed by atoms with Gasteiger partial charge in [-0.1, -0.05) is 57.5 Å². The van der Waals surface area contributed by atoms with Crippen LogP contribution in [-0.2, 0) is 11.4 Å². The van der Waals surface area contributed by atoms with Crippen molar-refractivity contribution in [3.63, 3.8) is 0 Å². The molecule has 0 bridgehead atoms. The molecule has 1 saturated carbocycles. The summed E-state index contributed by atoms with van der Waals surface area (Å²) in [5.41, 5.74) is 3.48. The van der Waals surface area contributed by atoms with E-state index in [2.05, 4.69) is 55.1 Å². The molecule has 0 saturated heterocycles. The fourth-order valence-corrected chi connectivity index (χ4v) is 4.51. The molecule has 1 aromatic carbocycles. The van der Waals surface area contributed by atoms with Crippen LogP contribution in [0.5, 0.6) is 5.75 Å². The molecule has 3 rings (SSSR count). The summed E-state index contributed by atoms with van der Waals surface area (Å²) in [5.74, 6) is 1.62. The first-order valence-electron chi connectivity index (χ1n) is 11.5. The van der Waals surface area contributed by atoms with Crippen LogP contribution in [0.15, 0.2) is 42.6 Å². The van der Waals surface area contributed by atoms with E-state index in [4.69, 9.17) is 9.57 Å². The number of nitrogens with zero attached hydrogens (tertiary/aromatic N) is 2. The van der Waals surface area contributed by atoms with Gasteiger partial charge in [0.15, 0.2) is 5.75 Å². The number of rotatable bonds is 9. The summed E-state index contributed by atoms with van der Waals surface area (Å²) >= 11 is 0. The maximum Gasteiger partial charge on any atom is 0.166 e. The topological polar surface area (TPSA) is 34.6 Å².